The largest absolute Gasteiger partial charge is 0.344 e. The predicted molar refractivity (Wildman–Crippen MR) is 132 cm³/mol. The number of nitrogens with zero attached hydrogens (tertiary/aromatic N) is 2. The van der Waals surface area contributed by atoms with Crippen molar-refractivity contribution in [2.45, 2.75) is 31.3 Å². The lowest BCUT2D eigenvalue weighted by Gasteiger charge is -2.49. The molecule has 1 N–H and O–H groups in total. The van der Waals surface area contributed by atoms with Gasteiger partial charge in [-0.3, -0.25) is 4.79 Å². The van der Waals surface area contributed by atoms with Gasteiger partial charge in [-0.2, -0.15) is 0 Å². The molecule has 0 unspecified atom stereocenters. The molecule has 32 heavy (non-hydrogen) atoms. The summed E-state index contributed by atoms with van der Waals surface area (Å²) in [6, 6.07) is 23.7. The lowest BCUT2D eigenvalue weighted by atomic mass is 9.74. The molecule has 2 aliphatic rings. The molecule has 0 radical (unpaired) electrons. The van der Waals surface area contributed by atoms with Crippen molar-refractivity contribution in [3.05, 3.63) is 83.9 Å². The first-order chi connectivity index (χ1) is 15.4. The third-order valence-electron chi connectivity index (χ3n) is 7.59. The molecule has 4 heteroatoms. The average Bonchev–Trinajstić information content (AvgIpc) is 3.19. The summed E-state index contributed by atoms with van der Waals surface area (Å²) < 4.78 is 2.25. The Hall–Kier alpha value is -3.53. The minimum absolute atomic E-state index is 0.108. The normalized spacial score (nSPS) is 21.8. The molecule has 3 aromatic carbocycles. The van der Waals surface area contributed by atoms with Crippen LogP contribution in [0.1, 0.15) is 31.4 Å². The quantitative estimate of drug-likeness (QED) is 0.473. The molecule has 6 rings (SSSR count). The third kappa shape index (κ3) is 2.41. The molecule has 0 aliphatic carbocycles. The van der Waals surface area contributed by atoms with Crippen LogP contribution in [0.25, 0.3) is 27.9 Å². The molecule has 3 heterocycles. The van der Waals surface area contributed by atoms with E-state index in [1.165, 1.54) is 33.1 Å². The molecule has 1 aromatic heterocycles. The Bertz CT molecular complexity index is 1430. The zero-order valence-corrected chi connectivity index (χ0v) is 18.7. The van der Waals surface area contributed by atoms with Crippen LogP contribution in [0.2, 0.25) is 0 Å². The first-order valence-electron chi connectivity index (χ1n) is 11.3. The van der Waals surface area contributed by atoms with Crippen LogP contribution in [0, 0.1) is 0 Å². The summed E-state index contributed by atoms with van der Waals surface area (Å²) in [6.45, 7) is 5.18. The van der Waals surface area contributed by atoms with E-state index in [0.29, 0.717) is 6.42 Å². The second kappa shape index (κ2) is 6.49. The van der Waals surface area contributed by atoms with Crippen LogP contribution >= 0.6 is 0 Å². The van der Waals surface area contributed by atoms with Crippen LogP contribution in [0.4, 0.5) is 5.69 Å². The van der Waals surface area contributed by atoms with E-state index >= 15 is 0 Å². The Kier molecular flexibility index (Phi) is 3.89. The van der Waals surface area contributed by atoms with Gasteiger partial charge in [0.1, 0.15) is 5.66 Å². The van der Waals surface area contributed by atoms with E-state index < -0.39 is 5.66 Å². The summed E-state index contributed by atoms with van der Waals surface area (Å²) in [5.74, 6) is 0.108. The molecule has 2 aliphatic heterocycles. The lowest BCUT2D eigenvalue weighted by molar-refractivity contribution is -0.124. The molecule has 0 bridgehead atoms. The van der Waals surface area contributed by atoms with Crippen LogP contribution in [0.15, 0.2) is 72.8 Å². The minimum Gasteiger partial charge on any atom is -0.344 e. The molecule has 0 saturated carbocycles. The van der Waals surface area contributed by atoms with E-state index in [9.17, 15) is 4.79 Å². The van der Waals surface area contributed by atoms with Crippen LogP contribution in [-0.2, 0) is 17.3 Å². The highest BCUT2D eigenvalue weighted by Gasteiger charge is 2.57. The molecule has 4 nitrogen and oxygen atoms in total. The fraction of sp³-hybridized carbons (Fsp3) is 0.250. The second-order valence-electron chi connectivity index (χ2n) is 9.54. The smallest absolute Gasteiger partial charge is 0.223 e. The number of amides is 1. The second-order valence-corrected chi connectivity index (χ2v) is 9.54. The topological polar surface area (TPSA) is 37.3 Å². The highest BCUT2D eigenvalue weighted by molar-refractivity contribution is 6.08. The van der Waals surface area contributed by atoms with Gasteiger partial charge in [-0.15, -0.1) is 0 Å². The molecule has 1 fully saturated rings. The first kappa shape index (κ1) is 19.2. The highest BCUT2D eigenvalue weighted by atomic mass is 16.2. The molecule has 0 spiro atoms. The van der Waals surface area contributed by atoms with Gasteiger partial charge < -0.3 is 14.8 Å². The first-order valence-corrected chi connectivity index (χ1v) is 11.3. The molecule has 4 aromatic rings. The van der Waals surface area contributed by atoms with E-state index in [2.05, 4.69) is 115 Å². The summed E-state index contributed by atoms with van der Waals surface area (Å²) in [5.41, 5.74) is 5.24. The van der Waals surface area contributed by atoms with Crippen LogP contribution < -0.4 is 10.2 Å². The van der Waals surface area contributed by atoms with Gasteiger partial charge in [0.2, 0.25) is 5.91 Å². The van der Waals surface area contributed by atoms with Crippen molar-refractivity contribution in [3.63, 3.8) is 0 Å². The molecule has 1 atom stereocenters. The number of benzene rings is 3. The zero-order valence-electron chi connectivity index (χ0n) is 18.7. The fourth-order valence-electron chi connectivity index (χ4n) is 5.83. The molecular weight excluding hydrogens is 394 g/mol. The zero-order chi connectivity index (χ0) is 22.1. The number of rotatable bonds is 2. The Labute approximate surface area is 188 Å². The van der Waals surface area contributed by atoms with Crippen LogP contribution in [0.5, 0.6) is 0 Å². The Morgan fingerprint density at radius 1 is 0.938 bits per heavy atom. The molecule has 160 valence electrons. The van der Waals surface area contributed by atoms with Gasteiger partial charge in [-0.1, -0.05) is 62.4 Å². The van der Waals surface area contributed by atoms with Crippen LogP contribution in [-0.4, -0.2) is 22.7 Å². The van der Waals surface area contributed by atoms with Crippen molar-refractivity contribution in [1.29, 1.82) is 0 Å². The summed E-state index contributed by atoms with van der Waals surface area (Å²) in [6.07, 6.45) is 4.89. The maximum atomic E-state index is 12.6. The van der Waals surface area contributed by atoms with Gasteiger partial charge in [0.05, 0.1) is 0 Å². The van der Waals surface area contributed by atoms with E-state index in [0.717, 1.165) is 12.1 Å². The van der Waals surface area contributed by atoms with Gasteiger partial charge in [0, 0.05) is 52.9 Å². The van der Waals surface area contributed by atoms with Crippen molar-refractivity contribution >= 4 is 39.5 Å². The van der Waals surface area contributed by atoms with Crippen molar-refractivity contribution < 1.29 is 4.79 Å². The molecule has 1 amide bonds. The number of para-hydroxylation sites is 2. The lowest BCUT2D eigenvalue weighted by Crippen LogP contribution is -2.68. The number of nitrogens with one attached hydrogen (secondary N) is 1. The van der Waals surface area contributed by atoms with E-state index in [-0.39, 0.29) is 11.3 Å². The van der Waals surface area contributed by atoms with E-state index in [1.54, 1.807) is 0 Å². The number of aromatic nitrogens is 1. The van der Waals surface area contributed by atoms with Gasteiger partial charge in [-0.05, 0) is 41.5 Å². The average molecular weight is 422 g/mol. The molecular formula is C28H27N3O. The number of carbonyl (C=O) groups excluding carboxylic acids is 1. The van der Waals surface area contributed by atoms with E-state index in [1.807, 2.05) is 0 Å². The number of anilines is 1. The van der Waals surface area contributed by atoms with Crippen molar-refractivity contribution in [2.24, 2.45) is 7.05 Å². The number of hydrogen-bond acceptors (Lipinski definition) is 2. The summed E-state index contributed by atoms with van der Waals surface area (Å²) in [7, 11) is 2.12. The number of fused-ring (bicyclic) bond motifs is 6. The van der Waals surface area contributed by atoms with Crippen LogP contribution in [0.3, 0.4) is 0 Å². The monoisotopic (exact) mass is 421 g/mol. The van der Waals surface area contributed by atoms with E-state index in [4.69, 9.17) is 0 Å². The maximum absolute atomic E-state index is 12.6. The standard InChI is InChI=1S/C28H27N3O/c1-27(2)22-9-5-7-11-25(22)31-17-15-26(32)29-28(27,31)16-14-19-12-13-24-21(18-19)20-8-4-6-10-23(20)30(24)3/h4-14,16,18H,15,17H2,1-3H3,(H,29,32)/t28-/m0/s1. The van der Waals surface area contributed by atoms with Gasteiger partial charge in [0.25, 0.3) is 0 Å². The Balaban J connectivity index is 1.49. The van der Waals surface area contributed by atoms with Crippen molar-refractivity contribution in [1.82, 2.24) is 9.88 Å². The van der Waals surface area contributed by atoms with Gasteiger partial charge >= 0.3 is 0 Å². The minimum atomic E-state index is -0.584. The third-order valence-corrected chi connectivity index (χ3v) is 7.59. The Morgan fingerprint density at radius 2 is 1.69 bits per heavy atom. The fourth-order valence-corrected chi connectivity index (χ4v) is 5.83. The predicted octanol–water partition coefficient (Wildman–Crippen LogP) is 5.36. The highest BCUT2D eigenvalue weighted by Crippen LogP contribution is 2.52. The molecule has 1 saturated heterocycles. The number of aryl methyl sites for hydroxylation is 1. The van der Waals surface area contributed by atoms with Gasteiger partial charge in [0.15, 0.2) is 0 Å². The van der Waals surface area contributed by atoms with Crippen molar-refractivity contribution in [2.75, 3.05) is 11.4 Å². The van der Waals surface area contributed by atoms with Crippen molar-refractivity contribution in [3.8, 4) is 0 Å². The number of carbonyl (C=O) groups is 1. The summed E-state index contributed by atoms with van der Waals surface area (Å²) in [5, 5.41) is 5.88. The SMILES string of the molecule is Cn1c2ccccc2c2cc(C=C[C@]34NC(=O)CCN3c3ccccc3C4(C)C)ccc21. The maximum Gasteiger partial charge on any atom is 0.223 e. The summed E-state index contributed by atoms with van der Waals surface area (Å²) in [4.78, 5) is 15.0. The Morgan fingerprint density at radius 3 is 2.56 bits per heavy atom. The summed E-state index contributed by atoms with van der Waals surface area (Å²) >= 11 is 0. The number of hydrogen-bond donors (Lipinski definition) is 1. The van der Waals surface area contributed by atoms with Gasteiger partial charge in [-0.25, -0.2) is 0 Å².